The topological polar surface area (TPSA) is 44.4 Å². The molecule has 0 aliphatic carbocycles. The lowest BCUT2D eigenvalue weighted by atomic mass is 10.3. The molecule has 0 radical (unpaired) electrons. The van der Waals surface area contributed by atoms with Gasteiger partial charge in [0.1, 0.15) is 0 Å². The Bertz CT molecular complexity index is 837. The van der Waals surface area contributed by atoms with E-state index in [0.717, 1.165) is 5.69 Å². The van der Waals surface area contributed by atoms with Crippen molar-refractivity contribution >= 4 is 46.3 Å². The SMILES string of the molecule is O=C(Nc1ccccc1)N(Nc1ccc(Cl)cc1)c1ccc(Cl)cc1. The van der Waals surface area contributed by atoms with Crippen LogP contribution in [0.15, 0.2) is 78.9 Å². The fourth-order valence-electron chi connectivity index (χ4n) is 2.18. The van der Waals surface area contributed by atoms with E-state index in [9.17, 15) is 4.79 Å². The Morgan fingerprint density at radius 2 is 1.28 bits per heavy atom. The monoisotopic (exact) mass is 371 g/mol. The molecular formula is C19H15Cl2N3O. The molecule has 3 aromatic carbocycles. The average Bonchev–Trinajstić information content (AvgIpc) is 2.63. The van der Waals surface area contributed by atoms with E-state index in [2.05, 4.69) is 10.7 Å². The molecule has 3 rings (SSSR count). The van der Waals surface area contributed by atoms with E-state index in [1.807, 2.05) is 30.3 Å². The fourth-order valence-corrected chi connectivity index (χ4v) is 2.43. The number of hydrazine groups is 1. The molecule has 0 atom stereocenters. The van der Waals surface area contributed by atoms with E-state index in [1.54, 1.807) is 48.5 Å². The van der Waals surface area contributed by atoms with Crippen LogP contribution in [0.1, 0.15) is 0 Å². The molecule has 2 N–H and O–H groups in total. The predicted octanol–water partition coefficient (Wildman–Crippen LogP) is 6.06. The van der Waals surface area contributed by atoms with E-state index < -0.39 is 0 Å². The summed E-state index contributed by atoms with van der Waals surface area (Å²) >= 11 is 11.9. The summed E-state index contributed by atoms with van der Waals surface area (Å²) in [6, 6.07) is 23.0. The maximum atomic E-state index is 12.8. The zero-order valence-corrected chi connectivity index (χ0v) is 14.6. The first-order valence-corrected chi connectivity index (χ1v) is 8.31. The first kappa shape index (κ1) is 17.1. The molecule has 0 unspecified atom stereocenters. The van der Waals surface area contributed by atoms with Crippen LogP contribution in [-0.4, -0.2) is 6.03 Å². The van der Waals surface area contributed by atoms with Gasteiger partial charge in [-0.2, -0.15) is 0 Å². The molecule has 0 bridgehead atoms. The van der Waals surface area contributed by atoms with Crippen LogP contribution in [0.2, 0.25) is 10.0 Å². The smallest absolute Gasteiger partial charge is 0.306 e. The summed E-state index contributed by atoms with van der Waals surface area (Å²) in [5, 5.41) is 5.48. The minimum atomic E-state index is -0.330. The van der Waals surface area contributed by atoms with Crippen LogP contribution in [0.3, 0.4) is 0 Å². The Balaban J connectivity index is 1.86. The molecule has 0 aliphatic rings. The molecule has 0 aliphatic heterocycles. The van der Waals surface area contributed by atoms with Crippen LogP contribution in [0, 0.1) is 0 Å². The van der Waals surface area contributed by atoms with Crippen molar-refractivity contribution in [1.82, 2.24) is 0 Å². The highest BCUT2D eigenvalue weighted by molar-refractivity contribution is 6.31. The van der Waals surface area contributed by atoms with Crippen LogP contribution in [0.5, 0.6) is 0 Å². The second-order valence-corrected chi connectivity index (χ2v) is 6.10. The third-order valence-electron chi connectivity index (χ3n) is 3.40. The summed E-state index contributed by atoms with van der Waals surface area (Å²) in [5.74, 6) is 0. The molecule has 126 valence electrons. The minimum absolute atomic E-state index is 0.330. The molecule has 0 saturated heterocycles. The Labute approximate surface area is 156 Å². The predicted molar refractivity (Wildman–Crippen MR) is 104 cm³/mol. The quantitative estimate of drug-likeness (QED) is 0.547. The first-order chi connectivity index (χ1) is 12.1. The molecule has 4 nitrogen and oxygen atoms in total. The Kier molecular flexibility index (Phi) is 5.43. The highest BCUT2D eigenvalue weighted by Gasteiger charge is 2.16. The van der Waals surface area contributed by atoms with E-state index in [-0.39, 0.29) is 6.03 Å². The molecule has 6 heteroatoms. The lowest BCUT2D eigenvalue weighted by molar-refractivity contribution is 0.258. The number of para-hydroxylation sites is 1. The largest absolute Gasteiger partial charge is 0.345 e. The number of nitrogens with zero attached hydrogens (tertiary/aromatic N) is 1. The van der Waals surface area contributed by atoms with Crippen molar-refractivity contribution in [3.63, 3.8) is 0 Å². The molecular weight excluding hydrogens is 357 g/mol. The molecule has 3 aromatic rings. The molecule has 25 heavy (non-hydrogen) atoms. The Morgan fingerprint density at radius 1 is 0.720 bits per heavy atom. The number of rotatable bonds is 4. The van der Waals surface area contributed by atoms with Gasteiger partial charge in [0.05, 0.1) is 11.4 Å². The zero-order chi connectivity index (χ0) is 17.6. The number of halogens is 2. The summed E-state index contributed by atoms with van der Waals surface area (Å²) < 4.78 is 0. The van der Waals surface area contributed by atoms with E-state index in [1.165, 1.54) is 5.01 Å². The maximum absolute atomic E-state index is 12.8. The van der Waals surface area contributed by atoms with Crippen LogP contribution in [0.25, 0.3) is 0 Å². The van der Waals surface area contributed by atoms with E-state index in [0.29, 0.717) is 21.4 Å². The van der Waals surface area contributed by atoms with Crippen LogP contribution < -0.4 is 15.8 Å². The van der Waals surface area contributed by atoms with E-state index in [4.69, 9.17) is 23.2 Å². The normalized spacial score (nSPS) is 10.2. The number of carbonyl (C=O) groups is 1. The van der Waals surface area contributed by atoms with Gasteiger partial charge in [-0.3, -0.25) is 5.43 Å². The number of nitrogens with one attached hydrogen (secondary N) is 2. The van der Waals surface area contributed by atoms with Crippen LogP contribution in [0.4, 0.5) is 21.9 Å². The van der Waals surface area contributed by atoms with Crippen molar-refractivity contribution < 1.29 is 4.79 Å². The molecule has 0 spiro atoms. The zero-order valence-electron chi connectivity index (χ0n) is 13.1. The van der Waals surface area contributed by atoms with Crippen LogP contribution in [-0.2, 0) is 0 Å². The molecule has 2 amide bonds. The van der Waals surface area contributed by atoms with Gasteiger partial charge in [-0.05, 0) is 60.7 Å². The number of amides is 2. The number of urea groups is 1. The summed E-state index contributed by atoms with van der Waals surface area (Å²) in [4.78, 5) is 12.8. The number of anilines is 3. The second-order valence-electron chi connectivity index (χ2n) is 5.23. The third-order valence-corrected chi connectivity index (χ3v) is 3.90. The van der Waals surface area contributed by atoms with E-state index >= 15 is 0 Å². The van der Waals surface area contributed by atoms with Crippen molar-refractivity contribution in [3.8, 4) is 0 Å². The standard InChI is InChI=1S/C19H15Cl2N3O/c20-14-6-10-17(11-7-14)23-24(18-12-8-15(21)9-13-18)19(25)22-16-4-2-1-3-5-16/h1-13,23H,(H,22,25). The molecule has 0 saturated carbocycles. The van der Waals surface area contributed by atoms with Gasteiger partial charge in [0, 0.05) is 15.7 Å². The number of hydrogen-bond acceptors (Lipinski definition) is 2. The summed E-state index contributed by atoms with van der Waals surface area (Å²) in [6.45, 7) is 0. The Morgan fingerprint density at radius 3 is 1.88 bits per heavy atom. The molecule has 0 heterocycles. The van der Waals surface area contributed by atoms with Gasteiger partial charge >= 0.3 is 6.03 Å². The number of carbonyl (C=O) groups excluding carboxylic acids is 1. The lowest BCUT2D eigenvalue weighted by Crippen LogP contribution is -2.39. The van der Waals surface area contributed by atoms with Gasteiger partial charge in [-0.25, -0.2) is 9.80 Å². The Hall–Kier alpha value is -2.69. The van der Waals surface area contributed by atoms with Gasteiger partial charge in [-0.1, -0.05) is 41.4 Å². The van der Waals surface area contributed by atoms with Gasteiger partial charge < -0.3 is 5.32 Å². The van der Waals surface area contributed by atoms with Crippen molar-refractivity contribution in [2.75, 3.05) is 15.8 Å². The number of benzene rings is 3. The maximum Gasteiger partial charge on any atom is 0.345 e. The minimum Gasteiger partial charge on any atom is -0.306 e. The van der Waals surface area contributed by atoms with Crippen molar-refractivity contribution in [1.29, 1.82) is 0 Å². The van der Waals surface area contributed by atoms with Gasteiger partial charge in [0.25, 0.3) is 0 Å². The van der Waals surface area contributed by atoms with Gasteiger partial charge in [-0.15, -0.1) is 0 Å². The van der Waals surface area contributed by atoms with Crippen molar-refractivity contribution in [2.45, 2.75) is 0 Å². The summed E-state index contributed by atoms with van der Waals surface area (Å²) in [5.41, 5.74) is 5.15. The summed E-state index contributed by atoms with van der Waals surface area (Å²) in [7, 11) is 0. The molecule has 0 aromatic heterocycles. The first-order valence-electron chi connectivity index (χ1n) is 7.56. The summed E-state index contributed by atoms with van der Waals surface area (Å²) in [6.07, 6.45) is 0. The third kappa shape index (κ3) is 4.66. The highest BCUT2D eigenvalue weighted by atomic mass is 35.5. The van der Waals surface area contributed by atoms with Gasteiger partial charge in [0.15, 0.2) is 0 Å². The van der Waals surface area contributed by atoms with Crippen molar-refractivity contribution in [2.24, 2.45) is 0 Å². The van der Waals surface area contributed by atoms with Crippen LogP contribution >= 0.6 is 23.2 Å². The highest BCUT2D eigenvalue weighted by Crippen LogP contribution is 2.22. The second kappa shape index (κ2) is 7.92. The van der Waals surface area contributed by atoms with Crippen molar-refractivity contribution in [3.05, 3.63) is 88.9 Å². The fraction of sp³-hybridized carbons (Fsp3) is 0. The average molecular weight is 372 g/mol. The van der Waals surface area contributed by atoms with Gasteiger partial charge in [0.2, 0.25) is 0 Å². The molecule has 0 fully saturated rings. The number of hydrogen-bond donors (Lipinski definition) is 2. The lowest BCUT2D eigenvalue weighted by Gasteiger charge is -2.25.